The first-order valence-electron chi connectivity index (χ1n) is 11.9. The van der Waals surface area contributed by atoms with Crippen LogP contribution < -0.4 is 0 Å². The van der Waals surface area contributed by atoms with Gasteiger partial charge in [0.1, 0.15) is 0 Å². The van der Waals surface area contributed by atoms with Crippen LogP contribution in [0.2, 0.25) is 0 Å². The minimum Gasteiger partial charge on any atom is -0.0991 e. The van der Waals surface area contributed by atoms with E-state index in [9.17, 15) is 0 Å². The molecule has 0 saturated heterocycles. The summed E-state index contributed by atoms with van der Waals surface area (Å²) < 4.78 is 0. The summed E-state index contributed by atoms with van der Waals surface area (Å²) in [4.78, 5) is 0. The van der Waals surface area contributed by atoms with E-state index in [1.54, 1.807) is 0 Å². The normalized spacial score (nSPS) is 11.6. The molecule has 0 aliphatic heterocycles. The average molecular weight is 441 g/mol. The number of rotatable bonds is 8. The van der Waals surface area contributed by atoms with E-state index in [2.05, 4.69) is 130 Å². The first-order chi connectivity index (χ1) is 16.6. The van der Waals surface area contributed by atoms with E-state index in [-0.39, 0.29) is 0 Å². The lowest BCUT2D eigenvalue weighted by Crippen LogP contribution is -1.88. The zero-order chi connectivity index (χ0) is 23.8. The van der Waals surface area contributed by atoms with Crippen molar-refractivity contribution in [3.8, 4) is 22.3 Å². The van der Waals surface area contributed by atoms with Crippen molar-refractivity contribution in [2.24, 2.45) is 0 Å². The molecule has 0 N–H and O–H groups in total. The first kappa shape index (κ1) is 23.3. The summed E-state index contributed by atoms with van der Waals surface area (Å²) in [6.07, 6.45) is 10.3. The summed E-state index contributed by atoms with van der Waals surface area (Å²) >= 11 is 0. The zero-order valence-electron chi connectivity index (χ0n) is 20.2. The van der Waals surface area contributed by atoms with Crippen LogP contribution in [-0.4, -0.2) is 0 Å². The van der Waals surface area contributed by atoms with Crippen LogP contribution in [0.3, 0.4) is 0 Å². The summed E-state index contributed by atoms with van der Waals surface area (Å²) in [7, 11) is 0. The molecule has 0 amide bonds. The van der Waals surface area contributed by atoms with Crippen molar-refractivity contribution in [3.05, 3.63) is 150 Å². The van der Waals surface area contributed by atoms with E-state index in [0.29, 0.717) is 0 Å². The van der Waals surface area contributed by atoms with E-state index in [1.807, 2.05) is 12.2 Å². The van der Waals surface area contributed by atoms with Crippen molar-refractivity contribution < 1.29 is 0 Å². The van der Waals surface area contributed by atoms with Gasteiger partial charge in [0, 0.05) is 0 Å². The molecule has 0 aromatic heterocycles. The molecule has 34 heavy (non-hydrogen) atoms. The van der Waals surface area contributed by atoms with Gasteiger partial charge in [-0.25, -0.2) is 0 Å². The molecule has 0 atom stereocenters. The lowest BCUT2D eigenvalue weighted by Gasteiger charge is -2.09. The van der Waals surface area contributed by atoms with E-state index in [4.69, 9.17) is 0 Å². The monoisotopic (exact) mass is 440 g/mol. The molecule has 0 heterocycles. The Morgan fingerprint density at radius 1 is 0.676 bits per heavy atom. The number of benzene rings is 4. The van der Waals surface area contributed by atoms with E-state index in [1.165, 1.54) is 50.1 Å². The Morgan fingerprint density at radius 3 is 1.94 bits per heavy atom. The molecule has 0 radical (unpaired) electrons. The minimum absolute atomic E-state index is 0.984. The van der Waals surface area contributed by atoms with Crippen molar-refractivity contribution in [3.63, 3.8) is 0 Å². The third-order valence-corrected chi connectivity index (χ3v) is 6.03. The summed E-state index contributed by atoms with van der Waals surface area (Å²) in [6, 6.07) is 35.1. The number of aryl methyl sites for hydroxylation is 3. The third kappa shape index (κ3) is 6.11. The second-order valence-electron chi connectivity index (χ2n) is 8.81. The maximum absolute atomic E-state index is 3.83. The lowest BCUT2D eigenvalue weighted by molar-refractivity contribution is 1.00. The van der Waals surface area contributed by atoms with Gasteiger partial charge in [-0.2, -0.15) is 0 Å². The summed E-state index contributed by atoms with van der Waals surface area (Å²) in [5, 5.41) is 0. The summed E-state index contributed by atoms with van der Waals surface area (Å²) in [5.74, 6) is 0. The van der Waals surface area contributed by atoms with Crippen molar-refractivity contribution in [2.75, 3.05) is 0 Å². The Bertz CT molecular complexity index is 1330. The van der Waals surface area contributed by atoms with Crippen LogP contribution in [0.5, 0.6) is 0 Å². The molecule has 0 unspecified atom stereocenters. The molecule has 168 valence electrons. The molecule has 0 heteroatoms. The highest BCUT2D eigenvalue weighted by Crippen LogP contribution is 2.28. The molecule has 0 spiro atoms. The standard InChI is InChI=1S/C34H32/c1-4-5-15-29(30-17-6-11-26(2)22-30)16-8-13-28-14-9-19-32(24-28)34-21-10-20-33(25-34)31-18-7-12-27(3)23-31/h4-7,9-12,14-25H,1,8,13H2,2-3H3/b15-5-,29-16?. The van der Waals surface area contributed by atoms with Crippen molar-refractivity contribution in [1.29, 1.82) is 0 Å². The van der Waals surface area contributed by atoms with Crippen LogP contribution in [0.25, 0.3) is 27.8 Å². The van der Waals surface area contributed by atoms with Crippen LogP contribution in [0, 0.1) is 13.8 Å². The van der Waals surface area contributed by atoms with Gasteiger partial charge >= 0.3 is 0 Å². The van der Waals surface area contributed by atoms with E-state index >= 15 is 0 Å². The van der Waals surface area contributed by atoms with Crippen molar-refractivity contribution >= 4 is 5.57 Å². The molecular weight excluding hydrogens is 408 g/mol. The SMILES string of the molecule is C=C/C=C\C(=CCCc1cccc(-c2cccc(-c3cccc(C)c3)c2)c1)c1cccc(C)c1. The van der Waals surface area contributed by atoms with Gasteiger partial charge in [0.15, 0.2) is 0 Å². The predicted octanol–water partition coefficient (Wildman–Crippen LogP) is 9.40. The number of allylic oxidation sites excluding steroid dienone is 5. The van der Waals surface area contributed by atoms with Gasteiger partial charge in [-0.3, -0.25) is 0 Å². The second kappa shape index (κ2) is 11.3. The minimum atomic E-state index is 0.984. The Hall–Kier alpha value is -3.90. The first-order valence-corrected chi connectivity index (χ1v) is 11.9. The Morgan fingerprint density at radius 2 is 1.26 bits per heavy atom. The fourth-order valence-corrected chi connectivity index (χ4v) is 4.28. The molecule has 0 aliphatic carbocycles. The van der Waals surface area contributed by atoms with Gasteiger partial charge in [0.05, 0.1) is 0 Å². The van der Waals surface area contributed by atoms with Gasteiger partial charge in [-0.1, -0.05) is 133 Å². The van der Waals surface area contributed by atoms with E-state index in [0.717, 1.165) is 12.8 Å². The molecule has 0 fully saturated rings. The maximum atomic E-state index is 3.83. The molecule has 4 aromatic carbocycles. The van der Waals surface area contributed by atoms with Crippen molar-refractivity contribution in [1.82, 2.24) is 0 Å². The van der Waals surface area contributed by atoms with Crippen LogP contribution in [-0.2, 0) is 6.42 Å². The molecule has 0 saturated carbocycles. The summed E-state index contributed by atoms with van der Waals surface area (Å²) in [5.41, 5.74) is 11.4. The van der Waals surface area contributed by atoms with E-state index < -0.39 is 0 Å². The van der Waals surface area contributed by atoms with Crippen LogP contribution in [0.4, 0.5) is 0 Å². The highest BCUT2D eigenvalue weighted by Gasteiger charge is 2.04. The fourth-order valence-electron chi connectivity index (χ4n) is 4.28. The quantitative estimate of drug-likeness (QED) is 0.239. The fraction of sp³-hybridized carbons (Fsp3) is 0.118. The highest BCUT2D eigenvalue weighted by atomic mass is 14.1. The van der Waals surface area contributed by atoms with Gasteiger partial charge < -0.3 is 0 Å². The number of hydrogen-bond acceptors (Lipinski definition) is 0. The molecule has 0 nitrogen and oxygen atoms in total. The smallest absolute Gasteiger partial charge is 0.0178 e. The van der Waals surface area contributed by atoms with Gasteiger partial charge in [-0.15, -0.1) is 0 Å². The van der Waals surface area contributed by atoms with Gasteiger partial charge in [-0.05, 0) is 71.7 Å². The predicted molar refractivity (Wildman–Crippen MR) is 149 cm³/mol. The van der Waals surface area contributed by atoms with Crippen LogP contribution in [0.15, 0.2) is 128 Å². The van der Waals surface area contributed by atoms with Crippen LogP contribution in [0.1, 0.15) is 28.7 Å². The van der Waals surface area contributed by atoms with Gasteiger partial charge in [0.2, 0.25) is 0 Å². The topological polar surface area (TPSA) is 0 Å². The van der Waals surface area contributed by atoms with Crippen LogP contribution >= 0.6 is 0 Å². The average Bonchev–Trinajstić information content (AvgIpc) is 2.86. The molecule has 0 aliphatic rings. The summed E-state index contributed by atoms with van der Waals surface area (Å²) in [6.45, 7) is 8.10. The Balaban J connectivity index is 1.53. The second-order valence-corrected chi connectivity index (χ2v) is 8.81. The third-order valence-electron chi connectivity index (χ3n) is 6.03. The zero-order valence-corrected chi connectivity index (χ0v) is 20.2. The Labute approximate surface area is 204 Å². The van der Waals surface area contributed by atoms with Crippen molar-refractivity contribution in [2.45, 2.75) is 26.7 Å². The molecule has 4 aromatic rings. The molecule has 4 rings (SSSR count). The Kier molecular flexibility index (Phi) is 7.73. The molecular formula is C34H32. The maximum Gasteiger partial charge on any atom is -0.0178 e. The largest absolute Gasteiger partial charge is 0.0991 e. The highest BCUT2D eigenvalue weighted by molar-refractivity contribution is 5.75. The van der Waals surface area contributed by atoms with Gasteiger partial charge in [0.25, 0.3) is 0 Å². The molecule has 0 bridgehead atoms. The lowest BCUT2D eigenvalue weighted by atomic mass is 9.96. The number of hydrogen-bond donors (Lipinski definition) is 0.